The van der Waals surface area contributed by atoms with Crippen LogP contribution in [0.15, 0.2) is 4.42 Å². The third kappa shape index (κ3) is 4.49. The highest BCUT2D eigenvalue weighted by atomic mass is 16.4. The number of nitrogens with zero attached hydrogens (tertiary/aromatic N) is 4. The van der Waals surface area contributed by atoms with E-state index < -0.39 is 0 Å². The molecule has 5 fully saturated rings. The summed E-state index contributed by atoms with van der Waals surface area (Å²) in [6.45, 7) is 12.4. The van der Waals surface area contributed by atoms with Gasteiger partial charge in [-0.15, -0.1) is 5.10 Å². The van der Waals surface area contributed by atoms with Gasteiger partial charge < -0.3 is 19.3 Å². The van der Waals surface area contributed by atoms with Gasteiger partial charge in [0.15, 0.2) is 0 Å². The van der Waals surface area contributed by atoms with Crippen LogP contribution in [0.1, 0.15) is 97.3 Å². The molecule has 4 saturated carbocycles. The van der Waals surface area contributed by atoms with Gasteiger partial charge in [0, 0.05) is 39.5 Å². The number of hydrogen-bond acceptors (Lipinski definition) is 6. The van der Waals surface area contributed by atoms with Crippen LogP contribution in [0.25, 0.3) is 0 Å². The molecule has 7 nitrogen and oxygen atoms in total. The second kappa shape index (κ2) is 10.1. The van der Waals surface area contributed by atoms with E-state index in [-0.39, 0.29) is 6.10 Å². The van der Waals surface area contributed by atoms with Crippen molar-refractivity contribution in [2.24, 2.45) is 46.3 Å². The lowest BCUT2D eigenvalue weighted by Gasteiger charge is -2.61. The molecule has 1 aliphatic heterocycles. The molecule has 1 aromatic rings. The van der Waals surface area contributed by atoms with Crippen LogP contribution in [-0.2, 0) is 4.79 Å². The average Bonchev–Trinajstić information content (AvgIpc) is 3.50. The van der Waals surface area contributed by atoms with Crippen LogP contribution in [0, 0.1) is 53.3 Å². The van der Waals surface area contributed by atoms with Gasteiger partial charge in [0.1, 0.15) is 0 Å². The number of carbonyl (C=O) groups is 1. The van der Waals surface area contributed by atoms with Crippen molar-refractivity contribution >= 4 is 11.9 Å². The minimum atomic E-state index is -0.0589. The summed E-state index contributed by atoms with van der Waals surface area (Å²) < 4.78 is 5.57. The molecular weight excluding hydrogens is 476 g/mol. The molecule has 0 bridgehead atoms. The lowest BCUT2D eigenvalue weighted by molar-refractivity contribution is -0.133. The van der Waals surface area contributed by atoms with Gasteiger partial charge in [0.05, 0.1) is 6.10 Å². The Hall–Kier alpha value is -1.63. The zero-order valence-electron chi connectivity index (χ0n) is 24.2. The number of amides is 1. The van der Waals surface area contributed by atoms with E-state index in [4.69, 9.17) is 4.42 Å². The maximum atomic E-state index is 13.1. The van der Waals surface area contributed by atoms with E-state index in [9.17, 15) is 9.90 Å². The molecule has 7 heteroatoms. The highest BCUT2D eigenvalue weighted by Gasteiger charge is 2.60. The molecule has 0 spiro atoms. The van der Waals surface area contributed by atoms with Crippen molar-refractivity contribution in [2.45, 2.75) is 104 Å². The second-order valence-electron chi connectivity index (χ2n) is 14.3. The minimum Gasteiger partial charge on any atom is -0.408 e. The Morgan fingerprint density at radius 3 is 2.47 bits per heavy atom. The fourth-order valence-electron chi connectivity index (χ4n) is 10.5. The van der Waals surface area contributed by atoms with Crippen molar-refractivity contribution in [3.8, 4) is 0 Å². The van der Waals surface area contributed by atoms with Gasteiger partial charge in [0.25, 0.3) is 0 Å². The van der Waals surface area contributed by atoms with Crippen molar-refractivity contribution in [1.29, 1.82) is 0 Å². The largest absolute Gasteiger partial charge is 0.408 e. The third-order valence-corrected chi connectivity index (χ3v) is 12.6. The van der Waals surface area contributed by atoms with Crippen LogP contribution < -0.4 is 4.90 Å². The molecule has 6 rings (SSSR count). The SMILES string of the molecule is Cc1nnc(N2CCN(C(=O)CC[C@@H](C)[C@H]3CC[C@H]4[C@@H]5CCC6C[C@@H](O)CC[C@]6(C)[C@H]5CC[C@]34C)CC2)o1. The predicted molar refractivity (Wildman–Crippen MR) is 147 cm³/mol. The number of aliphatic hydroxyl groups excluding tert-OH is 1. The maximum absolute atomic E-state index is 13.1. The molecule has 38 heavy (non-hydrogen) atoms. The van der Waals surface area contributed by atoms with Crippen LogP contribution in [0.2, 0.25) is 0 Å². The summed E-state index contributed by atoms with van der Waals surface area (Å²) in [5, 5.41) is 18.4. The molecule has 9 atom stereocenters. The minimum absolute atomic E-state index is 0.0589. The van der Waals surface area contributed by atoms with Gasteiger partial charge in [-0.3, -0.25) is 4.79 Å². The molecule has 1 saturated heterocycles. The molecule has 212 valence electrons. The third-order valence-electron chi connectivity index (χ3n) is 12.6. The van der Waals surface area contributed by atoms with Crippen LogP contribution in [0.5, 0.6) is 0 Å². The summed E-state index contributed by atoms with van der Waals surface area (Å²) in [5.74, 6) is 5.57. The van der Waals surface area contributed by atoms with Gasteiger partial charge in [-0.05, 0) is 111 Å². The smallest absolute Gasteiger partial charge is 0.318 e. The van der Waals surface area contributed by atoms with Crippen LogP contribution in [0.3, 0.4) is 0 Å². The number of anilines is 1. The number of aryl methyl sites for hydroxylation is 1. The first kappa shape index (κ1) is 26.6. The van der Waals surface area contributed by atoms with E-state index in [1.807, 2.05) is 11.8 Å². The molecule has 0 aromatic carbocycles. The quantitative estimate of drug-likeness (QED) is 0.548. The van der Waals surface area contributed by atoms with Gasteiger partial charge in [-0.1, -0.05) is 25.9 Å². The molecule has 2 heterocycles. The number of piperazine rings is 1. The first-order valence-electron chi connectivity index (χ1n) is 15.7. The van der Waals surface area contributed by atoms with Gasteiger partial charge in [-0.2, -0.15) is 0 Å². The summed E-state index contributed by atoms with van der Waals surface area (Å²) in [6.07, 6.45) is 13.1. The van der Waals surface area contributed by atoms with Gasteiger partial charge >= 0.3 is 6.01 Å². The highest BCUT2D eigenvalue weighted by molar-refractivity contribution is 5.76. The number of aliphatic hydroxyl groups is 1. The summed E-state index contributed by atoms with van der Waals surface area (Å²) in [5.41, 5.74) is 0.890. The van der Waals surface area contributed by atoms with E-state index >= 15 is 0 Å². The molecule has 1 unspecified atom stereocenters. The average molecular weight is 527 g/mol. The van der Waals surface area contributed by atoms with E-state index in [0.717, 1.165) is 75.0 Å². The van der Waals surface area contributed by atoms with Gasteiger partial charge in [-0.25, -0.2) is 0 Å². The molecule has 1 amide bonds. The molecule has 1 N–H and O–H groups in total. The van der Waals surface area contributed by atoms with Gasteiger partial charge in [0.2, 0.25) is 11.8 Å². The number of hydrogen-bond donors (Lipinski definition) is 1. The van der Waals surface area contributed by atoms with E-state index in [1.54, 1.807) is 0 Å². The molecule has 0 radical (unpaired) electrons. The lowest BCUT2D eigenvalue weighted by atomic mass is 9.44. The summed E-state index contributed by atoms with van der Waals surface area (Å²) >= 11 is 0. The maximum Gasteiger partial charge on any atom is 0.318 e. The second-order valence-corrected chi connectivity index (χ2v) is 14.3. The van der Waals surface area contributed by atoms with Crippen molar-refractivity contribution in [3.05, 3.63) is 5.89 Å². The Kier molecular flexibility index (Phi) is 7.05. The van der Waals surface area contributed by atoms with Crippen molar-refractivity contribution in [1.82, 2.24) is 15.1 Å². The normalized spacial score (nSPS) is 41.8. The number of rotatable bonds is 5. The Labute approximate surface area is 229 Å². The number of carbonyl (C=O) groups excluding carboxylic acids is 1. The van der Waals surface area contributed by atoms with Crippen molar-refractivity contribution in [3.63, 3.8) is 0 Å². The summed E-state index contributed by atoms with van der Waals surface area (Å²) in [4.78, 5) is 17.3. The fourth-order valence-corrected chi connectivity index (χ4v) is 10.5. The zero-order chi connectivity index (χ0) is 26.7. The molecule has 1 aromatic heterocycles. The van der Waals surface area contributed by atoms with Crippen LogP contribution in [0.4, 0.5) is 6.01 Å². The summed E-state index contributed by atoms with van der Waals surface area (Å²) in [7, 11) is 0. The van der Waals surface area contributed by atoms with Crippen molar-refractivity contribution < 1.29 is 14.3 Å². The molecular formula is C31H50N4O3. The first-order chi connectivity index (χ1) is 18.2. The monoisotopic (exact) mass is 526 g/mol. The van der Waals surface area contributed by atoms with E-state index in [0.29, 0.717) is 41.0 Å². The fraction of sp³-hybridized carbons (Fsp3) is 0.903. The Morgan fingerprint density at radius 1 is 1.00 bits per heavy atom. The van der Waals surface area contributed by atoms with Crippen LogP contribution >= 0.6 is 0 Å². The number of aromatic nitrogens is 2. The number of fused-ring (bicyclic) bond motifs is 5. The van der Waals surface area contributed by atoms with Crippen LogP contribution in [-0.4, -0.2) is 58.4 Å². The Morgan fingerprint density at radius 2 is 1.74 bits per heavy atom. The Bertz CT molecular complexity index is 1010. The van der Waals surface area contributed by atoms with Crippen molar-refractivity contribution in [2.75, 3.05) is 31.1 Å². The first-order valence-corrected chi connectivity index (χ1v) is 15.7. The molecule has 5 aliphatic rings. The standard InChI is InChI=1S/C31H50N4O3/c1-20(5-10-28(37)34-15-17-35(18-16-34)29-33-32-21(2)38-29)25-8-9-26-24-7-6-22-19-23(36)11-13-30(22,3)27(24)12-14-31(25,26)4/h20,22-27,36H,5-19H2,1-4H3/t20-,22?,23+,24+,25-,26+,27+,30+,31-/m1/s1. The topological polar surface area (TPSA) is 82.7 Å². The summed E-state index contributed by atoms with van der Waals surface area (Å²) in [6, 6.07) is 0.575. The lowest BCUT2D eigenvalue weighted by Crippen LogP contribution is -2.54. The Balaban J connectivity index is 1.03. The van der Waals surface area contributed by atoms with E-state index in [2.05, 4.69) is 35.9 Å². The predicted octanol–water partition coefficient (Wildman–Crippen LogP) is 5.46. The highest BCUT2D eigenvalue weighted by Crippen LogP contribution is 2.68. The molecule has 4 aliphatic carbocycles. The zero-order valence-corrected chi connectivity index (χ0v) is 24.2. The van der Waals surface area contributed by atoms with E-state index in [1.165, 1.54) is 44.9 Å².